The van der Waals surface area contributed by atoms with Crippen LogP contribution in [-0.4, -0.2) is 60.2 Å². The van der Waals surface area contributed by atoms with Crippen LogP contribution in [0.25, 0.3) is 0 Å². The number of hydrogen-bond donors (Lipinski definition) is 0. The summed E-state index contributed by atoms with van der Waals surface area (Å²) in [5.41, 5.74) is 1.25. The third-order valence-corrected chi connectivity index (χ3v) is 5.67. The van der Waals surface area contributed by atoms with E-state index in [1.54, 1.807) is 17.0 Å². The van der Waals surface area contributed by atoms with Crippen molar-refractivity contribution in [2.45, 2.75) is 32.8 Å². The van der Waals surface area contributed by atoms with E-state index >= 15 is 0 Å². The van der Waals surface area contributed by atoms with Gasteiger partial charge in [-0.15, -0.1) is 0 Å². The van der Waals surface area contributed by atoms with Gasteiger partial charge in [0.05, 0.1) is 18.7 Å². The number of cyclic esters (lactones) is 1. The van der Waals surface area contributed by atoms with Crippen LogP contribution >= 0.6 is 0 Å². The lowest BCUT2D eigenvalue weighted by Gasteiger charge is -2.35. The lowest BCUT2D eigenvalue weighted by atomic mass is 10.1. The Morgan fingerprint density at radius 3 is 2.48 bits per heavy atom. The zero-order valence-corrected chi connectivity index (χ0v) is 18.1. The van der Waals surface area contributed by atoms with E-state index in [-0.39, 0.29) is 12.3 Å². The van der Waals surface area contributed by atoms with Gasteiger partial charge >= 0.3 is 6.09 Å². The van der Waals surface area contributed by atoms with Crippen LogP contribution in [0.2, 0.25) is 0 Å². The maximum atomic E-state index is 14.7. The highest BCUT2D eigenvalue weighted by Crippen LogP contribution is 2.29. The fraction of sp³-hybridized carbons (Fsp3) is 0.435. The van der Waals surface area contributed by atoms with Crippen LogP contribution in [0.15, 0.2) is 36.5 Å². The molecule has 31 heavy (non-hydrogen) atoms. The zero-order valence-electron chi connectivity index (χ0n) is 18.1. The van der Waals surface area contributed by atoms with Gasteiger partial charge in [0.15, 0.2) is 0 Å². The highest BCUT2D eigenvalue weighted by molar-refractivity contribution is 5.90. The van der Waals surface area contributed by atoms with Crippen LogP contribution in [0.1, 0.15) is 25.0 Å². The molecular formula is C23H27FN4O3. The van der Waals surface area contributed by atoms with E-state index in [0.717, 1.165) is 11.4 Å². The summed E-state index contributed by atoms with van der Waals surface area (Å²) in [6.07, 6.45) is 1.33. The summed E-state index contributed by atoms with van der Waals surface area (Å²) in [7, 11) is 0. The molecule has 164 valence electrons. The molecule has 1 aromatic carbocycles. The van der Waals surface area contributed by atoms with E-state index in [2.05, 4.69) is 9.88 Å². The van der Waals surface area contributed by atoms with E-state index in [1.165, 1.54) is 11.0 Å². The predicted octanol–water partition coefficient (Wildman–Crippen LogP) is 3.16. The number of anilines is 2. The number of carbonyl (C=O) groups excluding carboxylic acids is 2. The first kappa shape index (κ1) is 21.1. The Balaban J connectivity index is 1.36. The van der Waals surface area contributed by atoms with Gasteiger partial charge in [-0.05, 0) is 50.1 Å². The predicted molar refractivity (Wildman–Crippen MR) is 116 cm³/mol. The summed E-state index contributed by atoms with van der Waals surface area (Å²) >= 11 is 0. The van der Waals surface area contributed by atoms with Crippen molar-refractivity contribution in [1.29, 1.82) is 0 Å². The summed E-state index contributed by atoms with van der Waals surface area (Å²) in [4.78, 5) is 34.5. The Kier molecular flexibility index (Phi) is 5.56. The standard InChI is InChI=1S/C23H27FN4O3/c1-16-4-7-20(25-14-16)26-8-10-27(11-9-26)21(29)12-17-5-6-18(13-19(17)24)28-15-23(2,3)31-22(28)30/h4-7,13-14H,8-12,15H2,1-3H3. The Labute approximate surface area is 181 Å². The fourth-order valence-electron chi connectivity index (χ4n) is 3.92. The average Bonchev–Trinajstić information content (AvgIpc) is 3.02. The first-order valence-corrected chi connectivity index (χ1v) is 10.5. The van der Waals surface area contributed by atoms with Crippen molar-refractivity contribution in [1.82, 2.24) is 9.88 Å². The first-order valence-electron chi connectivity index (χ1n) is 10.5. The summed E-state index contributed by atoms with van der Waals surface area (Å²) in [5, 5.41) is 0. The lowest BCUT2D eigenvalue weighted by Crippen LogP contribution is -2.49. The molecule has 2 fully saturated rings. The smallest absolute Gasteiger partial charge is 0.415 e. The molecule has 0 radical (unpaired) electrons. The maximum Gasteiger partial charge on any atom is 0.415 e. The number of carbonyl (C=O) groups is 2. The third kappa shape index (κ3) is 4.62. The number of halogens is 1. The molecule has 0 bridgehead atoms. The quantitative estimate of drug-likeness (QED) is 0.752. The molecule has 1 aromatic heterocycles. The number of ether oxygens (including phenoxy) is 1. The van der Waals surface area contributed by atoms with Crippen molar-refractivity contribution in [3.05, 3.63) is 53.5 Å². The molecule has 8 heteroatoms. The molecule has 0 spiro atoms. The van der Waals surface area contributed by atoms with Gasteiger partial charge in [0.1, 0.15) is 17.2 Å². The van der Waals surface area contributed by atoms with Gasteiger partial charge in [-0.2, -0.15) is 0 Å². The molecule has 2 amide bonds. The summed E-state index contributed by atoms with van der Waals surface area (Å²) in [6, 6.07) is 8.55. The molecule has 2 aromatic rings. The van der Waals surface area contributed by atoms with Crippen LogP contribution in [-0.2, 0) is 16.0 Å². The summed E-state index contributed by atoms with van der Waals surface area (Å²) in [6.45, 7) is 8.49. The second-order valence-corrected chi connectivity index (χ2v) is 8.73. The van der Waals surface area contributed by atoms with Crippen molar-refractivity contribution in [2.24, 2.45) is 0 Å². The van der Waals surface area contributed by atoms with E-state index in [4.69, 9.17) is 4.74 Å². The zero-order chi connectivity index (χ0) is 22.2. The van der Waals surface area contributed by atoms with Gasteiger partial charge in [-0.3, -0.25) is 9.69 Å². The van der Waals surface area contributed by atoms with E-state index < -0.39 is 17.5 Å². The molecule has 7 nitrogen and oxygen atoms in total. The number of hydrogen-bond acceptors (Lipinski definition) is 5. The SMILES string of the molecule is Cc1ccc(N2CCN(C(=O)Cc3ccc(N4CC(C)(C)OC4=O)cc3F)CC2)nc1. The molecule has 4 rings (SSSR count). The number of piperazine rings is 1. The van der Waals surface area contributed by atoms with Crippen molar-refractivity contribution < 1.29 is 18.7 Å². The van der Waals surface area contributed by atoms with Gasteiger partial charge < -0.3 is 14.5 Å². The first-order chi connectivity index (χ1) is 14.7. The Morgan fingerprint density at radius 1 is 1.16 bits per heavy atom. The van der Waals surface area contributed by atoms with E-state index in [1.807, 2.05) is 39.1 Å². The van der Waals surface area contributed by atoms with Crippen molar-refractivity contribution in [3.63, 3.8) is 0 Å². The molecule has 0 atom stereocenters. The summed E-state index contributed by atoms with van der Waals surface area (Å²) in [5.74, 6) is 0.304. The maximum absolute atomic E-state index is 14.7. The highest BCUT2D eigenvalue weighted by Gasteiger charge is 2.38. The van der Waals surface area contributed by atoms with E-state index in [9.17, 15) is 14.0 Å². The third-order valence-electron chi connectivity index (χ3n) is 5.67. The number of nitrogens with zero attached hydrogens (tertiary/aromatic N) is 4. The van der Waals surface area contributed by atoms with Gasteiger partial charge in [-0.25, -0.2) is 14.2 Å². The molecule has 2 aliphatic rings. The van der Waals surface area contributed by atoms with Crippen LogP contribution in [0.3, 0.4) is 0 Å². The molecule has 3 heterocycles. The second kappa shape index (κ2) is 8.17. The highest BCUT2D eigenvalue weighted by atomic mass is 19.1. The van der Waals surface area contributed by atoms with Crippen LogP contribution in [0.5, 0.6) is 0 Å². The van der Waals surface area contributed by atoms with E-state index in [0.29, 0.717) is 44.0 Å². The topological polar surface area (TPSA) is 66.0 Å². The minimum absolute atomic E-state index is 0.00909. The minimum atomic E-state index is -0.613. The van der Waals surface area contributed by atoms with Crippen molar-refractivity contribution >= 4 is 23.5 Å². The van der Waals surface area contributed by atoms with Crippen LogP contribution in [0, 0.1) is 12.7 Å². The largest absolute Gasteiger partial charge is 0.441 e. The van der Waals surface area contributed by atoms with Crippen LogP contribution < -0.4 is 9.80 Å². The van der Waals surface area contributed by atoms with Crippen molar-refractivity contribution in [3.8, 4) is 0 Å². The minimum Gasteiger partial charge on any atom is -0.441 e. The average molecular weight is 426 g/mol. The Hall–Kier alpha value is -3.16. The molecule has 0 saturated carbocycles. The molecular weight excluding hydrogens is 399 g/mol. The number of aryl methyl sites for hydroxylation is 1. The molecule has 0 unspecified atom stereocenters. The molecule has 2 aliphatic heterocycles. The van der Waals surface area contributed by atoms with Gasteiger partial charge in [-0.1, -0.05) is 12.1 Å². The Morgan fingerprint density at radius 2 is 1.90 bits per heavy atom. The Bertz CT molecular complexity index is 985. The second-order valence-electron chi connectivity index (χ2n) is 8.73. The van der Waals surface area contributed by atoms with Crippen LogP contribution in [0.4, 0.5) is 20.7 Å². The van der Waals surface area contributed by atoms with Gasteiger partial charge in [0.2, 0.25) is 5.91 Å². The van der Waals surface area contributed by atoms with Crippen molar-refractivity contribution in [2.75, 3.05) is 42.5 Å². The van der Waals surface area contributed by atoms with Gasteiger partial charge in [0.25, 0.3) is 0 Å². The monoisotopic (exact) mass is 426 g/mol. The number of aromatic nitrogens is 1. The molecule has 2 saturated heterocycles. The molecule has 0 aliphatic carbocycles. The van der Waals surface area contributed by atoms with Gasteiger partial charge in [0, 0.05) is 32.4 Å². The number of rotatable bonds is 4. The summed E-state index contributed by atoms with van der Waals surface area (Å²) < 4.78 is 20.0. The number of pyridine rings is 1. The lowest BCUT2D eigenvalue weighted by molar-refractivity contribution is -0.130. The normalized spacial score (nSPS) is 18.3. The number of benzene rings is 1. The number of amides is 2. The fourth-order valence-corrected chi connectivity index (χ4v) is 3.92. The molecule has 0 N–H and O–H groups in total.